The van der Waals surface area contributed by atoms with Crippen LogP contribution in [0.2, 0.25) is 0 Å². The van der Waals surface area contributed by atoms with Crippen molar-refractivity contribution in [3.8, 4) is 5.75 Å². The summed E-state index contributed by atoms with van der Waals surface area (Å²) in [5.41, 5.74) is 0.407. The minimum atomic E-state index is -4.63. The van der Waals surface area contributed by atoms with E-state index in [4.69, 9.17) is 4.55 Å². The average molecular weight is 281 g/mol. The molecule has 0 aromatic heterocycles. The minimum Gasteiger partial charge on any atom is -0.361 e. The molecular formula is C12H11NO5S. The van der Waals surface area contributed by atoms with E-state index in [9.17, 15) is 13.2 Å². The van der Waals surface area contributed by atoms with Gasteiger partial charge in [-0.2, -0.15) is 8.42 Å². The summed E-state index contributed by atoms with van der Waals surface area (Å²) in [6.07, 6.45) is 0. The second-order valence-corrected chi connectivity index (χ2v) is 4.87. The van der Waals surface area contributed by atoms with Gasteiger partial charge in [0.05, 0.1) is 5.69 Å². The summed E-state index contributed by atoms with van der Waals surface area (Å²) in [5, 5.41) is 3.65. The van der Waals surface area contributed by atoms with Crippen molar-refractivity contribution in [3.63, 3.8) is 0 Å². The summed E-state index contributed by atoms with van der Waals surface area (Å²) in [6.45, 7) is 1.34. The first-order chi connectivity index (χ1) is 8.87. The molecule has 1 amide bonds. The quantitative estimate of drug-likeness (QED) is 0.839. The van der Waals surface area contributed by atoms with E-state index in [0.29, 0.717) is 16.5 Å². The Bertz CT molecular complexity index is 734. The molecular weight excluding hydrogens is 270 g/mol. The number of fused-ring (bicyclic) bond motifs is 1. The summed E-state index contributed by atoms with van der Waals surface area (Å²) in [6, 6.07) is 9.77. The van der Waals surface area contributed by atoms with E-state index in [1.54, 1.807) is 30.3 Å². The average Bonchev–Trinajstić information content (AvgIpc) is 2.26. The largest absolute Gasteiger partial charge is 0.446 e. The summed E-state index contributed by atoms with van der Waals surface area (Å²) in [7, 11) is -4.63. The number of benzene rings is 2. The Morgan fingerprint density at radius 1 is 1.21 bits per heavy atom. The lowest BCUT2D eigenvalue weighted by atomic mass is 10.1. The fourth-order valence-corrected chi connectivity index (χ4v) is 2.15. The first kappa shape index (κ1) is 13.3. The molecule has 2 N–H and O–H groups in total. The van der Waals surface area contributed by atoms with Gasteiger partial charge in [-0.3, -0.25) is 9.35 Å². The van der Waals surface area contributed by atoms with Crippen LogP contribution in [0, 0.1) is 0 Å². The molecule has 100 valence electrons. The summed E-state index contributed by atoms with van der Waals surface area (Å²) >= 11 is 0. The zero-order valence-electron chi connectivity index (χ0n) is 9.95. The van der Waals surface area contributed by atoms with Crippen LogP contribution in [-0.2, 0) is 15.2 Å². The zero-order valence-corrected chi connectivity index (χ0v) is 10.8. The third kappa shape index (κ3) is 3.21. The van der Waals surface area contributed by atoms with E-state index < -0.39 is 10.4 Å². The van der Waals surface area contributed by atoms with Crippen molar-refractivity contribution in [2.45, 2.75) is 6.92 Å². The van der Waals surface area contributed by atoms with Gasteiger partial charge in [-0.15, -0.1) is 0 Å². The fourth-order valence-electron chi connectivity index (χ4n) is 1.78. The summed E-state index contributed by atoms with van der Waals surface area (Å²) in [5.74, 6) is -0.349. The molecule has 2 aromatic rings. The Balaban J connectivity index is 2.67. The zero-order chi connectivity index (χ0) is 14.0. The van der Waals surface area contributed by atoms with E-state index >= 15 is 0 Å². The molecule has 0 aliphatic rings. The second kappa shape index (κ2) is 4.87. The van der Waals surface area contributed by atoms with Crippen LogP contribution in [-0.4, -0.2) is 18.9 Å². The fraction of sp³-hybridized carbons (Fsp3) is 0.0833. The molecule has 2 aromatic carbocycles. The Morgan fingerprint density at radius 3 is 2.42 bits per heavy atom. The standard InChI is InChI=1S/C12H11NO5S/c1-8(14)13-10-6-2-4-9-5-3-7-11(12(9)10)18-19(15,16)17/h2-7H,1H3,(H,13,14)(H,15,16,17). The third-order valence-electron chi connectivity index (χ3n) is 2.37. The van der Waals surface area contributed by atoms with E-state index in [0.717, 1.165) is 0 Å². The molecule has 0 heterocycles. The molecule has 0 bridgehead atoms. The molecule has 2 rings (SSSR count). The first-order valence-corrected chi connectivity index (χ1v) is 6.69. The molecule has 6 nitrogen and oxygen atoms in total. The summed E-state index contributed by atoms with van der Waals surface area (Å²) in [4.78, 5) is 11.1. The lowest BCUT2D eigenvalue weighted by molar-refractivity contribution is -0.114. The molecule has 0 saturated carbocycles. The van der Waals surface area contributed by atoms with Gasteiger partial charge in [-0.05, 0) is 17.5 Å². The van der Waals surface area contributed by atoms with E-state index in [1.165, 1.54) is 13.0 Å². The smallest absolute Gasteiger partial charge is 0.361 e. The molecule has 19 heavy (non-hydrogen) atoms. The Morgan fingerprint density at radius 2 is 1.84 bits per heavy atom. The van der Waals surface area contributed by atoms with Crippen LogP contribution in [0.15, 0.2) is 36.4 Å². The first-order valence-electron chi connectivity index (χ1n) is 5.33. The molecule has 0 atom stereocenters. The van der Waals surface area contributed by atoms with Gasteiger partial charge in [-0.25, -0.2) is 0 Å². The highest BCUT2D eigenvalue weighted by molar-refractivity contribution is 7.81. The lowest BCUT2D eigenvalue weighted by Gasteiger charge is -2.11. The van der Waals surface area contributed by atoms with Gasteiger partial charge in [0.25, 0.3) is 0 Å². The Labute approximate surface area is 110 Å². The number of hydrogen-bond acceptors (Lipinski definition) is 4. The van der Waals surface area contributed by atoms with Gasteiger partial charge in [0.2, 0.25) is 5.91 Å². The molecule has 0 unspecified atom stereocenters. The molecule has 0 aliphatic heterocycles. The maximum absolute atomic E-state index is 11.1. The van der Waals surface area contributed by atoms with Crippen molar-refractivity contribution >= 4 is 32.8 Å². The SMILES string of the molecule is CC(=O)Nc1cccc2cccc(OS(=O)(=O)O)c12. The molecule has 0 fully saturated rings. The van der Waals surface area contributed by atoms with Crippen molar-refractivity contribution in [3.05, 3.63) is 36.4 Å². The number of amides is 1. The van der Waals surface area contributed by atoms with Crippen LogP contribution < -0.4 is 9.50 Å². The number of rotatable bonds is 3. The number of nitrogens with one attached hydrogen (secondary N) is 1. The monoisotopic (exact) mass is 281 g/mol. The predicted molar refractivity (Wildman–Crippen MR) is 70.4 cm³/mol. The maximum Gasteiger partial charge on any atom is 0.446 e. The van der Waals surface area contributed by atoms with E-state index in [-0.39, 0.29) is 11.7 Å². The molecule has 7 heteroatoms. The van der Waals surface area contributed by atoms with Crippen LogP contribution in [0.3, 0.4) is 0 Å². The van der Waals surface area contributed by atoms with Crippen LogP contribution in [0.5, 0.6) is 5.75 Å². The van der Waals surface area contributed by atoms with Gasteiger partial charge < -0.3 is 9.50 Å². The Hall–Kier alpha value is -2.12. The highest BCUT2D eigenvalue weighted by Crippen LogP contribution is 2.33. The van der Waals surface area contributed by atoms with E-state index in [2.05, 4.69) is 9.50 Å². The number of hydrogen-bond donors (Lipinski definition) is 2. The third-order valence-corrected chi connectivity index (χ3v) is 2.76. The lowest BCUT2D eigenvalue weighted by Crippen LogP contribution is -2.09. The van der Waals surface area contributed by atoms with E-state index in [1.807, 2.05) is 0 Å². The highest BCUT2D eigenvalue weighted by atomic mass is 32.3. The Kier molecular flexibility index (Phi) is 3.41. The highest BCUT2D eigenvalue weighted by Gasteiger charge is 2.13. The van der Waals surface area contributed by atoms with Crippen LogP contribution in [0.1, 0.15) is 6.92 Å². The van der Waals surface area contributed by atoms with Gasteiger partial charge in [-0.1, -0.05) is 24.3 Å². The number of anilines is 1. The van der Waals surface area contributed by atoms with Crippen molar-refractivity contribution in [1.82, 2.24) is 0 Å². The van der Waals surface area contributed by atoms with Gasteiger partial charge >= 0.3 is 10.4 Å². The number of carbonyl (C=O) groups is 1. The van der Waals surface area contributed by atoms with Crippen LogP contribution in [0.25, 0.3) is 10.8 Å². The predicted octanol–water partition coefficient (Wildman–Crippen LogP) is 1.98. The second-order valence-electron chi connectivity index (χ2n) is 3.85. The maximum atomic E-state index is 11.1. The normalized spacial score (nSPS) is 11.3. The molecule has 0 saturated heterocycles. The van der Waals surface area contributed by atoms with Gasteiger partial charge in [0.15, 0.2) is 5.75 Å². The molecule has 0 spiro atoms. The van der Waals surface area contributed by atoms with Gasteiger partial charge in [0.1, 0.15) is 0 Å². The van der Waals surface area contributed by atoms with Crippen molar-refractivity contribution in [2.24, 2.45) is 0 Å². The number of carbonyl (C=O) groups excluding carboxylic acids is 1. The summed E-state index contributed by atoms with van der Waals surface area (Å²) < 4.78 is 34.9. The molecule has 0 radical (unpaired) electrons. The van der Waals surface area contributed by atoms with Gasteiger partial charge in [0, 0.05) is 12.3 Å². The van der Waals surface area contributed by atoms with Crippen molar-refractivity contribution in [1.29, 1.82) is 0 Å². The van der Waals surface area contributed by atoms with Crippen LogP contribution in [0.4, 0.5) is 5.69 Å². The molecule has 0 aliphatic carbocycles. The minimum absolute atomic E-state index is 0.0515. The topological polar surface area (TPSA) is 92.7 Å². The van der Waals surface area contributed by atoms with Crippen LogP contribution >= 0.6 is 0 Å². The van der Waals surface area contributed by atoms with Crippen molar-refractivity contribution < 1.29 is 21.9 Å². The van der Waals surface area contributed by atoms with Crippen molar-refractivity contribution in [2.75, 3.05) is 5.32 Å².